The summed E-state index contributed by atoms with van der Waals surface area (Å²) in [5, 5.41) is 9.49. The number of guanidine groups is 1. The molecule has 1 atom stereocenters. The van der Waals surface area contributed by atoms with Crippen LogP contribution in [0.5, 0.6) is 5.75 Å². The number of methoxy groups -OCH3 is 1. The molecule has 2 aliphatic rings. The van der Waals surface area contributed by atoms with Crippen LogP contribution in [0.4, 0.5) is 0 Å². The molecule has 2 heterocycles. The second kappa shape index (κ2) is 11.1. The van der Waals surface area contributed by atoms with Crippen molar-refractivity contribution in [1.29, 1.82) is 5.26 Å². The summed E-state index contributed by atoms with van der Waals surface area (Å²) in [5.74, 6) is 1.50. The lowest BCUT2D eigenvalue weighted by Crippen LogP contribution is -2.59. The Bertz CT molecular complexity index is 1450. The molecule has 2 aliphatic heterocycles. The third-order valence-corrected chi connectivity index (χ3v) is 8.88. The molecule has 206 valence electrons. The Morgan fingerprint density at radius 3 is 2.35 bits per heavy atom. The zero-order valence-corrected chi connectivity index (χ0v) is 23.7. The van der Waals surface area contributed by atoms with Crippen molar-refractivity contribution in [3.05, 3.63) is 89.5 Å². The van der Waals surface area contributed by atoms with Gasteiger partial charge in [-0.25, -0.2) is 0 Å². The van der Waals surface area contributed by atoms with E-state index in [1.165, 1.54) is 0 Å². The van der Waals surface area contributed by atoms with Crippen LogP contribution in [0.15, 0.2) is 77.8 Å². The van der Waals surface area contributed by atoms with E-state index in [-0.39, 0.29) is 11.3 Å². The first-order valence-electron chi connectivity index (χ1n) is 13.7. The maximum atomic E-state index is 13.7. The number of carbonyl (C=O) groups is 1. The normalized spacial score (nSPS) is 21.8. The smallest absolute Gasteiger partial charge is 0.229 e. The zero-order chi connectivity index (χ0) is 28.3. The molecule has 1 amide bonds. The monoisotopic (exact) mass is 536 g/mol. The minimum Gasteiger partial charge on any atom is -0.497 e. The summed E-state index contributed by atoms with van der Waals surface area (Å²) in [6, 6.07) is 26.6. The first-order valence-corrected chi connectivity index (χ1v) is 13.7. The van der Waals surface area contributed by atoms with E-state index >= 15 is 0 Å². The van der Waals surface area contributed by atoms with Crippen molar-refractivity contribution in [3.8, 4) is 22.9 Å². The van der Waals surface area contributed by atoms with Crippen molar-refractivity contribution >= 4 is 11.9 Å². The average Bonchev–Trinajstić information content (AvgIpc) is 3.06. The fourth-order valence-corrected chi connectivity index (χ4v) is 6.43. The molecular formula is C33H36N4O3. The number of benzene rings is 3. The molecule has 7 heteroatoms. The van der Waals surface area contributed by atoms with E-state index in [0.29, 0.717) is 37.7 Å². The summed E-state index contributed by atoms with van der Waals surface area (Å²) in [7, 11) is 5.25. The first-order chi connectivity index (χ1) is 19.3. The second-order valence-corrected chi connectivity index (χ2v) is 10.8. The van der Waals surface area contributed by atoms with Gasteiger partial charge in [-0.2, -0.15) is 5.26 Å². The Labute approximate surface area is 236 Å². The molecule has 0 aromatic heterocycles. The van der Waals surface area contributed by atoms with Crippen molar-refractivity contribution in [2.24, 2.45) is 10.4 Å². The van der Waals surface area contributed by atoms with Crippen LogP contribution in [0.2, 0.25) is 0 Å². The van der Waals surface area contributed by atoms with Crippen LogP contribution in [-0.4, -0.2) is 56.1 Å². The largest absolute Gasteiger partial charge is 0.497 e. The Morgan fingerprint density at radius 2 is 1.70 bits per heavy atom. The summed E-state index contributed by atoms with van der Waals surface area (Å²) >= 11 is 0. The van der Waals surface area contributed by atoms with Gasteiger partial charge in [0.15, 0.2) is 0 Å². The highest BCUT2D eigenvalue weighted by molar-refractivity contribution is 5.98. The summed E-state index contributed by atoms with van der Waals surface area (Å²) in [5.41, 5.74) is 3.85. The van der Waals surface area contributed by atoms with Gasteiger partial charge in [-0.3, -0.25) is 14.7 Å². The number of amides is 1. The Kier molecular flexibility index (Phi) is 7.64. The Hall–Kier alpha value is -4.15. The summed E-state index contributed by atoms with van der Waals surface area (Å²) in [4.78, 5) is 22.5. The molecular weight excluding hydrogens is 500 g/mol. The molecule has 3 aromatic rings. The van der Waals surface area contributed by atoms with E-state index < -0.39 is 5.54 Å². The lowest BCUT2D eigenvalue weighted by Gasteiger charge is -2.55. The lowest BCUT2D eigenvalue weighted by molar-refractivity contribution is -0.133. The van der Waals surface area contributed by atoms with Gasteiger partial charge in [0.25, 0.3) is 0 Å². The number of nitrogens with zero attached hydrogens (tertiary/aromatic N) is 4. The maximum absolute atomic E-state index is 13.7. The van der Waals surface area contributed by atoms with Gasteiger partial charge >= 0.3 is 0 Å². The molecule has 0 aliphatic carbocycles. The number of carbonyl (C=O) groups excluding carboxylic acids is 1. The molecule has 0 radical (unpaired) electrons. The summed E-state index contributed by atoms with van der Waals surface area (Å²) in [6.07, 6.45) is 1.91. The Balaban J connectivity index is 1.73. The van der Waals surface area contributed by atoms with Crippen LogP contribution in [-0.2, 0) is 21.6 Å². The van der Waals surface area contributed by atoms with E-state index in [1.807, 2.05) is 43.4 Å². The molecule has 0 saturated carbocycles. The summed E-state index contributed by atoms with van der Waals surface area (Å²) in [6.45, 7) is 4.03. The number of ether oxygens (including phenoxy) is 2. The molecule has 2 fully saturated rings. The third-order valence-electron chi connectivity index (χ3n) is 8.88. The van der Waals surface area contributed by atoms with Crippen LogP contribution in [0.1, 0.15) is 42.9 Å². The fraction of sp³-hybridized carbons (Fsp3) is 0.364. The van der Waals surface area contributed by atoms with Crippen molar-refractivity contribution in [3.63, 3.8) is 0 Å². The highest BCUT2D eigenvalue weighted by atomic mass is 16.5. The van der Waals surface area contributed by atoms with E-state index in [1.54, 1.807) is 19.1 Å². The molecule has 0 N–H and O–H groups in total. The van der Waals surface area contributed by atoms with Gasteiger partial charge in [-0.15, -0.1) is 0 Å². The minimum absolute atomic E-state index is 0.0591. The number of hydrogen-bond acceptors (Lipinski definition) is 5. The minimum atomic E-state index is -0.602. The van der Waals surface area contributed by atoms with Gasteiger partial charge in [0.2, 0.25) is 11.9 Å². The number of rotatable bonds is 5. The van der Waals surface area contributed by atoms with Crippen LogP contribution in [0.25, 0.3) is 11.1 Å². The van der Waals surface area contributed by atoms with E-state index in [4.69, 9.17) is 14.5 Å². The number of aliphatic imine (C=N–C) groups is 1. The SMILES string of the molecule is C/N=C1\N(C)C(=O)CC2(CCOCC2)C(C)(c2cccc(-c3cccc(C#N)c3)c2)N1Cc1ccc(OC)cc1. The lowest BCUT2D eigenvalue weighted by atomic mass is 9.60. The second-order valence-electron chi connectivity index (χ2n) is 10.8. The van der Waals surface area contributed by atoms with Crippen molar-refractivity contribution in [1.82, 2.24) is 9.80 Å². The van der Waals surface area contributed by atoms with Gasteiger partial charge in [0.1, 0.15) is 5.75 Å². The van der Waals surface area contributed by atoms with Crippen molar-refractivity contribution in [2.75, 3.05) is 34.4 Å². The highest BCUT2D eigenvalue weighted by Crippen LogP contribution is 2.55. The third kappa shape index (κ3) is 4.73. The molecule has 1 unspecified atom stereocenters. The molecule has 5 rings (SSSR count). The number of hydrogen-bond donors (Lipinski definition) is 0. The highest BCUT2D eigenvalue weighted by Gasteiger charge is 2.57. The molecule has 3 aromatic carbocycles. The molecule has 40 heavy (non-hydrogen) atoms. The van der Waals surface area contributed by atoms with Gasteiger partial charge in [0.05, 0.1) is 24.3 Å². The van der Waals surface area contributed by atoms with Gasteiger partial charge in [-0.1, -0.05) is 42.5 Å². The van der Waals surface area contributed by atoms with E-state index in [2.05, 4.69) is 54.3 Å². The molecule has 2 saturated heterocycles. The van der Waals surface area contributed by atoms with Crippen LogP contribution < -0.4 is 4.74 Å². The number of nitriles is 1. The average molecular weight is 537 g/mol. The fourth-order valence-electron chi connectivity index (χ4n) is 6.43. The van der Waals surface area contributed by atoms with Gasteiger partial charge < -0.3 is 14.4 Å². The van der Waals surface area contributed by atoms with E-state index in [0.717, 1.165) is 40.8 Å². The molecule has 0 bridgehead atoms. The van der Waals surface area contributed by atoms with Crippen LogP contribution in [0, 0.1) is 16.7 Å². The van der Waals surface area contributed by atoms with Gasteiger partial charge in [0, 0.05) is 45.7 Å². The van der Waals surface area contributed by atoms with Crippen molar-refractivity contribution < 1.29 is 14.3 Å². The van der Waals surface area contributed by atoms with Crippen LogP contribution in [0.3, 0.4) is 0 Å². The maximum Gasteiger partial charge on any atom is 0.229 e. The topological polar surface area (TPSA) is 78.2 Å². The van der Waals surface area contributed by atoms with Gasteiger partial charge in [-0.05, 0) is 72.4 Å². The Morgan fingerprint density at radius 1 is 1.02 bits per heavy atom. The van der Waals surface area contributed by atoms with Crippen molar-refractivity contribution in [2.45, 2.75) is 38.3 Å². The standard InChI is InChI=1S/C33H36N4O3/c1-32(28-10-6-9-27(20-28)26-8-5-7-25(19-26)22-34)33(15-17-40-18-16-33)21-30(38)36(3)31(35-2)37(32)23-24-11-13-29(39-4)14-12-24/h5-14,19-20H,15-18,21,23H2,1-4H3/b35-31+. The zero-order valence-electron chi connectivity index (χ0n) is 23.7. The molecule has 1 spiro atoms. The molecule has 7 nitrogen and oxygen atoms in total. The first kappa shape index (κ1) is 27.4. The predicted octanol–water partition coefficient (Wildman–Crippen LogP) is 5.60. The quantitative estimate of drug-likeness (QED) is 0.424. The predicted molar refractivity (Wildman–Crippen MR) is 156 cm³/mol. The van der Waals surface area contributed by atoms with E-state index in [9.17, 15) is 10.1 Å². The van der Waals surface area contributed by atoms with Crippen LogP contribution >= 0.6 is 0 Å². The summed E-state index contributed by atoms with van der Waals surface area (Å²) < 4.78 is 11.3.